The van der Waals surface area contributed by atoms with Gasteiger partial charge in [0.15, 0.2) is 0 Å². The van der Waals surface area contributed by atoms with Crippen LogP contribution in [0, 0.1) is 11.7 Å². The molecule has 5 heteroatoms. The Bertz CT molecular complexity index is 770. The monoisotopic (exact) mass is 356 g/mol. The Hall–Kier alpha value is -2.43. The number of aliphatic carboxylic acids is 1. The second kappa shape index (κ2) is 7.85. The summed E-state index contributed by atoms with van der Waals surface area (Å²) in [5.74, 6) is 0.273. The largest absolute Gasteiger partial charge is 0.480 e. The van der Waals surface area contributed by atoms with Gasteiger partial charge in [-0.1, -0.05) is 32.0 Å². The number of hydrogen-bond donors (Lipinski definition) is 2. The highest BCUT2D eigenvalue weighted by Crippen LogP contribution is 2.42. The van der Waals surface area contributed by atoms with Gasteiger partial charge in [-0.25, -0.2) is 14.2 Å². The smallest absolute Gasteiger partial charge is 0.326 e. The number of carboxylic acid groups (broad SMARTS) is 1. The van der Waals surface area contributed by atoms with Gasteiger partial charge in [0.1, 0.15) is 17.7 Å². The highest BCUT2D eigenvalue weighted by molar-refractivity contribution is 5.76. The summed E-state index contributed by atoms with van der Waals surface area (Å²) in [4.78, 5) is 16.2. The quantitative estimate of drug-likeness (QED) is 0.726. The van der Waals surface area contributed by atoms with Gasteiger partial charge < -0.3 is 10.4 Å². The number of nitrogens with zero attached hydrogens (tertiary/aromatic N) is 1. The molecule has 1 aliphatic rings. The third-order valence-corrected chi connectivity index (χ3v) is 4.64. The van der Waals surface area contributed by atoms with E-state index in [1.54, 1.807) is 12.1 Å². The van der Waals surface area contributed by atoms with Crippen molar-refractivity contribution < 1.29 is 14.3 Å². The summed E-state index contributed by atoms with van der Waals surface area (Å²) in [6, 6.07) is 9.72. The molecule has 1 aromatic carbocycles. The molecule has 0 radical (unpaired) electrons. The number of benzene rings is 1. The van der Waals surface area contributed by atoms with Crippen molar-refractivity contribution in [1.82, 2.24) is 4.98 Å². The summed E-state index contributed by atoms with van der Waals surface area (Å²) >= 11 is 0. The lowest BCUT2D eigenvalue weighted by Gasteiger charge is -2.18. The van der Waals surface area contributed by atoms with Crippen LogP contribution in [0.5, 0.6) is 0 Å². The molecule has 0 aliphatic heterocycles. The summed E-state index contributed by atoms with van der Waals surface area (Å²) in [5.41, 5.74) is 3.16. The first-order valence-corrected chi connectivity index (χ1v) is 9.16. The van der Waals surface area contributed by atoms with Crippen molar-refractivity contribution in [2.75, 3.05) is 5.32 Å². The van der Waals surface area contributed by atoms with E-state index in [0.29, 0.717) is 24.6 Å². The Morgan fingerprint density at radius 1 is 1.23 bits per heavy atom. The molecule has 138 valence electrons. The maximum absolute atomic E-state index is 13.1. The zero-order valence-electron chi connectivity index (χ0n) is 15.2. The molecule has 2 aromatic rings. The Balaban J connectivity index is 1.83. The van der Waals surface area contributed by atoms with E-state index in [0.717, 1.165) is 24.1 Å². The third-order valence-electron chi connectivity index (χ3n) is 4.64. The molecular formula is C21H25FN2O2. The summed E-state index contributed by atoms with van der Waals surface area (Å²) in [6.45, 7) is 4.00. The van der Waals surface area contributed by atoms with Gasteiger partial charge in [0.25, 0.3) is 0 Å². The van der Waals surface area contributed by atoms with Gasteiger partial charge in [-0.3, -0.25) is 0 Å². The molecule has 0 spiro atoms. The first kappa shape index (κ1) is 18.4. The van der Waals surface area contributed by atoms with E-state index in [4.69, 9.17) is 4.98 Å². The van der Waals surface area contributed by atoms with E-state index >= 15 is 0 Å². The minimum absolute atomic E-state index is 0.252. The van der Waals surface area contributed by atoms with Gasteiger partial charge in [-0.15, -0.1) is 0 Å². The molecule has 1 aromatic heterocycles. The van der Waals surface area contributed by atoms with Crippen molar-refractivity contribution in [3.8, 4) is 0 Å². The maximum Gasteiger partial charge on any atom is 0.326 e. The number of hydrogen-bond acceptors (Lipinski definition) is 3. The number of pyridine rings is 1. The molecule has 0 unspecified atom stereocenters. The minimum atomic E-state index is -0.869. The molecule has 2 N–H and O–H groups in total. The van der Waals surface area contributed by atoms with Gasteiger partial charge in [0.2, 0.25) is 0 Å². The topological polar surface area (TPSA) is 62.2 Å². The molecule has 4 nitrogen and oxygen atoms in total. The first-order valence-electron chi connectivity index (χ1n) is 9.16. The molecule has 26 heavy (non-hydrogen) atoms. The lowest BCUT2D eigenvalue weighted by Crippen LogP contribution is -2.31. The average Bonchev–Trinajstić information content (AvgIpc) is 3.41. The van der Waals surface area contributed by atoms with E-state index in [1.807, 2.05) is 19.9 Å². The van der Waals surface area contributed by atoms with Crippen LogP contribution < -0.4 is 5.32 Å². The first-order chi connectivity index (χ1) is 12.4. The van der Waals surface area contributed by atoms with Crippen LogP contribution in [0.1, 0.15) is 55.8 Å². The number of aromatic nitrogens is 1. The van der Waals surface area contributed by atoms with Crippen LogP contribution in [0.15, 0.2) is 36.4 Å². The third kappa shape index (κ3) is 4.81. The van der Waals surface area contributed by atoms with Crippen molar-refractivity contribution in [2.24, 2.45) is 5.92 Å². The molecule has 3 rings (SSSR count). The summed E-state index contributed by atoms with van der Waals surface area (Å²) < 4.78 is 13.1. The van der Waals surface area contributed by atoms with Crippen molar-refractivity contribution >= 4 is 11.8 Å². The Kier molecular flexibility index (Phi) is 5.55. The molecule has 1 atom stereocenters. The SMILES string of the molecule is CC(C)C[C@H](Nc1ccc(C2CC2)c(Cc2ccc(F)cc2)n1)C(=O)O. The van der Waals surface area contributed by atoms with Crippen molar-refractivity contribution in [2.45, 2.75) is 51.5 Å². The molecule has 1 fully saturated rings. The van der Waals surface area contributed by atoms with Crippen LogP contribution in [0.4, 0.5) is 10.2 Å². The molecule has 0 saturated heterocycles. The molecular weight excluding hydrogens is 331 g/mol. The molecule has 0 amide bonds. The number of halogens is 1. The number of rotatable bonds is 8. The van der Waals surface area contributed by atoms with Crippen LogP contribution in [0.2, 0.25) is 0 Å². The fraction of sp³-hybridized carbons (Fsp3) is 0.429. The van der Waals surface area contributed by atoms with Crippen molar-refractivity contribution in [3.05, 3.63) is 59.0 Å². The summed E-state index contributed by atoms with van der Waals surface area (Å²) in [7, 11) is 0. The second-order valence-corrected chi connectivity index (χ2v) is 7.47. The fourth-order valence-electron chi connectivity index (χ4n) is 3.17. The fourth-order valence-corrected chi connectivity index (χ4v) is 3.17. The van der Waals surface area contributed by atoms with E-state index in [2.05, 4.69) is 11.4 Å². The van der Waals surface area contributed by atoms with Gasteiger partial charge in [-0.05, 0) is 60.4 Å². The lowest BCUT2D eigenvalue weighted by atomic mass is 10.0. The van der Waals surface area contributed by atoms with Crippen molar-refractivity contribution in [3.63, 3.8) is 0 Å². The number of carbonyl (C=O) groups is 1. The van der Waals surface area contributed by atoms with Gasteiger partial charge >= 0.3 is 5.97 Å². The maximum atomic E-state index is 13.1. The molecule has 1 heterocycles. The second-order valence-electron chi connectivity index (χ2n) is 7.47. The number of carboxylic acids is 1. The summed E-state index contributed by atoms with van der Waals surface area (Å²) in [5, 5.41) is 12.5. The number of anilines is 1. The van der Waals surface area contributed by atoms with Gasteiger partial charge in [0.05, 0.1) is 5.69 Å². The van der Waals surface area contributed by atoms with Crippen LogP contribution in [-0.2, 0) is 11.2 Å². The highest BCUT2D eigenvalue weighted by atomic mass is 19.1. The Morgan fingerprint density at radius 3 is 2.50 bits per heavy atom. The van der Waals surface area contributed by atoms with E-state index < -0.39 is 12.0 Å². The Labute approximate surface area is 153 Å². The predicted octanol–water partition coefficient (Wildman–Crippen LogP) is 4.60. The van der Waals surface area contributed by atoms with Crippen LogP contribution >= 0.6 is 0 Å². The molecule has 0 bridgehead atoms. The zero-order valence-corrected chi connectivity index (χ0v) is 15.2. The molecule has 1 saturated carbocycles. The summed E-state index contributed by atoms with van der Waals surface area (Å²) in [6.07, 6.45) is 3.48. The normalized spacial score (nSPS) is 15.1. The molecule has 1 aliphatic carbocycles. The lowest BCUT2D eigenvalue weighted by molar-refractivity contribution is -0.138. The van der Waals surface area contributed by atoms with Gasteiger partial charge in [-0.2, -0.15) is 0 Å². The average molecular weight is 356 g/mol. The van der Waals surface area contributed by atoms with Crippen LogP contribution in [0.3, 0.4) is 0 Å². The van der Waals surface area contributed by atoms with Crippen LogP contribution in [0.25, 0.3) is 0 Å². The van der Waals surface area contributed by atoms with E-state index in [-0.39, 0.29) is 11.7 Å². The number of nitrogens with one attached hydrogen (secondary N) is 1. The highest BCUT2D eigenvalue weighted by Gasteiger charge is 2.27. The van der Waals surface area contributed by atoms with Gasteiger partial charge in [0, 0.05) is 6.42 Å². The predicted molar refractivity (Wildman–Crippen MR) is 99.9 cm³/mol. The van der Waals surface area contributed by atoms with Crippen molar-refractivity contribution in [1.29, 1.82) is 0 Å². The van der Waals surface area contributed by atoms with E-state index in [1.165, 1.54) is 17.7 Å². The minimum Gasteiger partial charge on any atom is -0.480 e. The zero-order chi connectivity index (χ0) is 18.7. The van der Waals surface area contributed by atoms with Crippen LogP contribution in [-0.4, -0.2) is 22.1 Å². The standard InChI is InChI=1S/C21H25FN2O2/c1-13(2)11-19(21(25)26)24-20-10-9-17(15-5-6-15)18(23-20)12-14-3-7-16(22)8-4-14/h3-4,7-10,13,15,19H,5-6,11-12H2,1-2H3,(H,23,24)(H,25,26)/t19-/m0/s1. The van der Waals surface area contributed by atoms with E-state index in [9.17, 15) is 14.3 Å². The Morgan fingerprint density at radius 2 is 1.92 bits per heavy atom.